The molecule has 150 valence electrons. The largest absolute Gasteiger partial charge is 0.483 e. The Labute approximate surface area is 165 Å². The maximum absolute atomic E-state index is 12.4. The van der Waals surface area contributed by atoms with Crippen LogP contribution in [0.1, 0.15) is 36.5 Å². The summed E-state index contributed by atoms with van der Waals surface area (Å²) in [6.45, 7) is 6.19. The van der Waals surface area contributed by atoms with Crippen LogP contribution < -0.4 is 9.47 Å². The van der Waals surface area contributed by atoms with Crippen molar-refractivity contribution in [3.63, 3.8) is 0 Å². The highest BCUT2D eigenvalue weighted by Gasteiger charge is 2.13. The minimum absolute atomic E-state index is 0.0283. The molecule has 0 saturated heterocycles. The van der Waals surface area contributed by atoms with Crippen LogP contribution in [0.3, 0.4) is 0 Å². The number of amides is 1. The van der Waals surface area contributed by atoms with Gasteiger partial charge in [-0.2, -0.15) is 0 Å². The molecule has 0 radical (unpaired) electrons. The van der Waals surface area contributed by atoms with Gasteiger partial charge in [0.05, 0.1) is 0 Å². The minimum Gasteiger partial charge on any atom is -0.483 e. The third-order valence-electron chi connectivity index (χ3n) is 4.27. The summed E-state index contributed by atoms with van der Waals surface area (Å²) in [7, 11) is 1.72. The van der Waals surface area contributed by atoms with Crippen LogP contribution in [0, 0.1) is 6.92 Å². The molecule has 0 bridgehead atoms. The number of carboxylic acids is 1. The smallest absolute Gasteiger partial charge is 0.341 e. The van der Waals surface area contributed by atoms with Crippen molar-refractivity contribution >= 4 is 11.9 Å². The molecule has 1 N–H and O–H groups in total. The number of aryl methyl sites for hydroxylation is 1. The van der Waals surface area contributed by atoms with Gasteiger partial charge in [-0.3, -0.25) is 4.79 Å². The van der Waals surface area contributed by atoms with E-state index in [2.05, 4.69) is 13.8 Å². The third kappa shape index (κ3) is 6.30. The van der Waals surface area contributed by atoms with Crippen molar-refractivity contribution in [1.29, 1.82) is 0 Å². The summed E-state index contributed by atoms with van der Waals surface area (Å²) in [5.41, 5.74) is 3.08. The quantitative estimate of drug-likeness (QED) is 0.713. The fraction of sp³-hybridized carbons (Fsp3) is 0.364. The molecule has 0 fully saturated rings. The molecule has 0 saturated carbocycles. The number of ether oxygens (including phenoxy) is 2. The summed E-state index contributed by atoms with van der Waals surface area (Å²) in [6, 6.07) is 13.0. The number of benzene rings is 2. The second-order valence-corrected chi connectivity index (χ2v) is 7.06. The fourth-order valence-corrected chi connectivity index (χ4v) is 2.69. The average molecular weight is 385 g/mol. The molecule has 0 unspecified atom stereocenters. The van der Waals surface area contributed by atoms with Crippen molar-refractivity contribution in [2.45, 2.75) is 33.2 Å². The molecule has 0 aliphatic carbocycles. The number of carboxylic acid groups (broad SMARTS) is 1. The molecule has 1 amide bonds. The van der Waals surface area contributed by atoms with Gasteiger partial charge in [0.1, 0.15) is 11.5 Å². The Kier molecular flexibility index (Phi) is 7.44. The predicted molar refractivity (Wildman–Crippen MR) is 107 cm³/mol. The van der Waals surface area contributed by atoms with Gasteiger partial charge in [-0.05, 0) is 47.7 Å². The molecule has 0 spiro atoms. The molecule has 6 heteroatoms. The first-order chi connectivity index (χ1) is 13.3. The summed E-state index contributed by atoms with van der Waals surface area (Å²) >= 11 is 0. The lowest BCUT2D eigenvalue weighted by Gasteiger charge is -2.19. The first-order valence-electron chi connectivity index (χ1n) is 9.17. The SMILES string of the molecule is Cc1ccc(C(C)C)c(OCC(=O)N(C)Cc2ccc(OCC(=O)O)cc2)c1. The lowest BCUT2D eigenvalue weighted by atomic mass is 10.0. The summed E-state index contributed by atoms with van der Waals surface area (Å²) in [5.74, 6) is 0.386. The Morgan fingerprint density at radius 3 is 2.32 bits per heavy atom. The van der Waals surface area contributed by atoms with E-state index >= 15 is 0 Å². The molecular weight excluding hydrogens is 358 g/mol. The maximum atomic E-state index is 12.4. The van der Waals surface area contributed by atoms with E-state index in [1.807, 2.05) is 25.1 Å². The van der Waals surface area contributed by atoms with Crippen molar-refractivity contribution < 1.29 is 24.2 Å². The number of hydrogen-bond acceptors (Lipinski definition) is 4. The van der Waals surface area contributed by atoms with E-state index in [9.17, 15) is 9.59 Å². The fourth-order valence-electron chi connectivity index (χ4n) is 2.69. The molecule has 0 atom stereocenters. The van der Waals surface area contributed by atoms with E-state index in [0.717, 1.165) is 22.4 Å². The summed E-state index contributed by atoms with van der Waals surface area (Å²) < 4.78 is 10.9. The second kappa shape index (κ2) is 9.78. The van der Waals surface area contributed by atoms with Crippen molar-refractivity contribution in [1.82, 2.24) is 4.90 Å². The number of rotatable bonds is 9. The number of carbonyl (C=O) groups is 2. The van der Waals surface area contributed by atoms with Gasteiger partial charge < -0.3 is 19.5 Å². The van der Waals surface area contributed by atoms with Crippen molar-refractivity contribution in [2.24, 2.45) is 0 Å². The first kappa shape index (κ1) is 21.3. The van der Waals surface area contributed by atoms with Crippen molar-refractivity contribution in [2.75, 3.05) is 20.3 Å². The van der Waals surface area contributed by atoms with Crippen LogP contribution in [0.25, 0.3) is 0 Å². The standard InChI is InChI=1S/C22H27NO5/c1-15(2)19-10-5-16(3)11-20(19)28-13-21(24)23(4)12-17-6-8-18(9-7-17)27-14-22(25)26/h5-11,15H,12-14H2,1-4H3,(H,25,26). The van der Waals surface area contributed by atoms with E-state index in [1.165, 1.54) is 0 Å². The summed E-state index contributed by atoms with van der Waals surface area (Å²) in [6.07, 6.45) is 0. The maximum Gasteiger partial charge on any atom is 0.341 e. The highest BCUT2D eigenvalue weighted by Crippen LogP contribution is 2.27. The molecule has 0 aliphatic heterocycles. The van der Waals surface area contributed by atoms with Crippen molar-refractivity contribution in [3.8, 4) is 11.5 Å². The van der Waals surface area contributed by atoms with Crippen LogP contribution >= 0.6 is 0 Å². The topological polar surface area (TPSA) is 76.1 Å². The van der Waals surface area contributed by atoms with Crippen LogP contribution in [0.2, 0.25) is 0 Å². The Balaban J connectivity index is 1.91. The molecule has 2 rings (SSSR count). The van der Waals surface area contributed by atoms with Gasteiger partial charge in [0.2, 0.25) is 0 Å². The Morgan fingerprint density at radius 2 is 1.71 bits per heavy atom. The Hall–Kier alpha value is -3.02. The van der Waals surface area contributed by atoms with Gasteiger partial charge in [-0.25, -0.2) is 4.79 Å². The van der Waals surface area contributed by atoms with Gasteiger partial charge >= 0.3 is 5.97 Å². The molecule has 0 aromatic heterocycles. The predicted octanol–water partition coefficient (Wildman–Crippen LogP) is 3.62. The van der Waals surface area contributed by atoms with Gasteiger partial charge in [-0.15, -0.1) is 0 Å². The van der Waals surface area contributed by atoms with Gasteiger partial charge in [0.15, 0.2) is 13.2 Å². The van der Waals surface area contributed by atoms with Crippen LogP contribution in [-0.4, -0.2) is 42.1 Å². The highest BCUT2D eigenvalue weighted by atomic mass is 16.5. The number of hydrogen-bond donors (Lipinski definition) is 1. The van der Waals surface area contributed by atoms with E-state index in [-0.39, 0.29) is 19.1 Å². The molecule has 0 aliphatic rings. The summed E-state index contributed by atoms with van der Waals surface area (Å²) in [4.78, 5) is 24.6. The summed E-state index contributed by atoms with van der Waals surface area (Å²) in [5, 5.41) is 8.62. The number of carbonyl (C=O) groups excluding carboxylic acids is 1. The molecular formula is C22H27NO5. The minimum atomic E-state index is -1.02. The van der Waals surface area contributed by atoms with Gasteiger partial charge in [0.25, 0.3) is 5.91 Å². The molecule has 2 aromatic carbocycles. The van der Waals surface area contributed by atoms with E-state index in [4.69, 9.17) is 14.6 Å². The number of likely N-dealkylation sites (N-methyl/N-ethyl adjacent to an activating group) is 1. The first-order valence-corrected chi connectivity index (χ1v) is 9.17. The number of aliphatic carboxylic acids is 1. The lowest BCUT2D eigenvalue weighted by molar-refractivity contribution is -0.139. The van der Waals surface area contributed by atoms with Crippen LogP contribution in [0.15, 0.2) is 42.5 Å². The van der Waals surface area contributed by atoms with Crippen LogP contribution in [-0.2, 0) is 16.1 Å². The molecule has 2 aromatic rings. The van der Waals surface area contributed by atoms with Crippen LogP contribution in [0.4, 0.5) is 0 Å². The normalized spacial score (nSPS) is 10.6. The Morgan fingerprint density at radius 1 is 1.04 bits per heavy atom. The zero-order valence-corrected chi connectivity index (χ0v) is 16.8. The van der Waals surface area contributed by atoms with Crippen LogP contribution in [0.5, 0.6) is 11.5 Å². The monoisotopic (exact) mass is 385 g/mol. The average Bonchev–Trinajstić information content (AvgIpc) is 2.65. The van der Waals surface area contributed by atoms with Gasteiger partial charge in [0, 0.05) is 13.6 Å². The third-order valence-corrected chi connectivity index (χ3v) is 4.27. The molecule has 6 nitrogen and oxygen atoms in total. The Bertz CT molecular complexity index is 814. The zero-order valence-electron chi connectivity index (χ0n) is 16.8. The highest BCUT2D eigenvalue weighted by molar-refractivity contribution is 5.77. The van der Waals surface area contributed by atoms with Crippen molar-refractivity contribution in [3.05, 3.63) is 59.2 Å². The van der Waals surface area contributed by atoms with E-state index in [1.54, 1.807) is 36.2 Å². The lowest BCUT2D eigenvalue weighted by Crippen LogP contribution is -2.31. The van der Waals surface area contributed by atoms with E-state index < -0.39 is 5.97 Å². The van der Waals surface area contributed by atoms with E-state index in [0.29, 0.717) is 18.2 Å². The number of nitrogens with zero attached hydrogens (tertiary/aromatic N) is 1. The zero-order chi connectivity index (χ0) is 20.7. The molecule has 28 heavy (non-hydrogen) atoms. The van der Waals surface area contributed by atoms with Gasteiger partial charge in [-0.1, -0.05) is 38.1 Å². The second-order valence-electron chi connectivity index (χ2n) is 7.06. The molecule has 0 heterocycles.